The molecule has 0 aromatic carbocycles. The molecule has 0 aromatic rings. The number of aliphatic hydroxyl groups excluding tert-OH is 1. The SMILES string of the molecule is COC(=O)[C@]12CCC(C)(C)C[C@H]1C1=CC[C@@H]3[C@@]4(C)C=C(C#N)C(=O)[C@@](C)(CO)[C@@H]4CC[C@@]3(C)[C@]1(C)CC2. The molecule has 5 rings (SSSR count). The van der Waals surface area contributed by atoms with Crippen LogP contribution in [0.5, 0.6) is 0 Å². The molecule has 0 radical (unpaired) electrons. The fourth-order valence-corrected chi connectivity index (χ4v) is 10.4. The van der Waals surface area contributed by atoms with E-state index in [1.807, 2.05) is 13.0 Å². The first kappa shape index (κ1) is 26.7. The molecule has 0 amide bonds. The van der Waals surface area contributed by atoms with Crippen LogP contribution in [0.3, 0.4) is 0 Å². The van der Waals surface area contributed by atoms with Crippen LogP contribution in [0.2, 0.25) is 0 Å². The highest BCUT2D eigenvalue weighted by atomic mass is 16.5. The second-order valence-corrected chi connectivity index (χ2v) is 14.8. The smallest absolute Gasteiger partial charge is 0.312 e. The minimum absolute atomic E-state index is 0.00223. The lowest BCUT2D eigenvalue weighted by atomic mass is 9.34. The highest BCUT2D eigenvalue weighted by molar-refractivity contribution is 6.04. The number of Topliss-reactive ketones (excluding diaryl/α,β-unsaturated/α-hetero) is 1. The highest BCUT2D eigenvalue weighted by Crippen LogP contribution is 2.75. The third kappa shape index (κ3) is 3.17. The number of carbonyl (C=O) groups excluding carboxylic acids is 2. The summed E-state index contributed by atoms with van der Waals surface area (Å²) in [6, 6.07) is 2.18. The molecule has 1 N–H and O–H groups in total. The molecule has 37 heavy (non-hydrogen) atoms. The number of ether oxygens (including phenoxy) is 1. The Hall–Kier alpha value is -1.93. The predicted octanol–water partition coefficient (Wildman–Crippen LogP) is 6.17. The second kappa shape index (κ2) is 8.04. The van der Waals surface area contributed by atoms with Crippen molar-refractivity contribution in [3.63, 3.8) is 0 Å². The Labute approximate surface area is 222 Å². The number of fused-ring (bicyclic) bond motifs is 7. The van der Waals surface area contributed by atoms with Crippen LogP contribution in [0.15, 0.2) is 23.3 Å². The van der Waals surface area contributed by atoms with Crippen molar-refractivity contribution in [2.75, 3.05) is 13.7 Å². The van der Waals surface area contributed by atoms with Gasteiger partial charge in [0.15, 0.2) is 5.78 Å². The van der Waals surface area contributed by atoms with Gasteiger partial charge >= 0.3 is 5.97 Å². The number of esters is 1. The van der Waals surface area contributed by atoms with Crippen molar-refractivity contribution in [1.82, 2.24) is 0 Å². The van der Waals surface area contributed by atoms with Crippen molar-refractivity contribution in [1.29, 1.82) is 5.26 Å². The largest absolute Gasteiger partial charge is 0.469 e. The first-order valence-corrected chi connectivity index (χ1v) is 14.3. The van der Waals surface area contributed by atoms with E-state index < -0.39 is 10.8 Å². The molecule has 0 heterocycles. The summed E-state index contributed by atoms with van der Waals surface area (Å²) in [7, 11) is 1.54. The van der Waals surface area contributed by atoms with Crippen LogP contribution in [0.1, 0.15) is 92.9 Å². The predicted molar refractivity (Wildman–Crippen MR) is 142 cm³/mol. The van der Waals surface area contributed by atoms with E-state index in [2.05, 4.69) is 46.8 Å². The standard InChI is InChI=1S/C32H45NO4/c1-27(2)12-14-32(26(36)37-7)15-13-30(5)21(22(32)17-27)8-9-24-28(3)16-20(18-33)25(35)29(4,19-34)23(28)10-11-31(24,30)6/h8,16,22-24,34H,9-15,17,19H2,1-7H3/t22-,23+,24+,28-,29-,30+,31+,32-/m0/s1. The van der Waals surface area contributed by atoms with Gasteiger partial charge in [0, 0.05) is 0 Å². The third-order valence-corrected chi connectivity index (χ3v) is 12.8. The van der Waals surface area contributed by atoms with Gasteiger partial charge in [-0.25, -0.2) is 0 Å². The van der Waals surface area contributed by atoms with Gasteiger partial charge in [0.2, 0.25) is 0 Å². The van der Waals surface area contributed by atoms with E-state index in [4.69, 9.17) is 4.74 Å². The topological polar surface area (TPSA) is 87.4 Å². The van der Waals surface area contributed by atoms with E-state index in [0.717, 1.165) is 51.4 Å². The number of aliphatic hydroxyl groups is 1. The average Bonchev–Trinajstić information content (AvgIpc) is 2.85. The minimum Gasteiger partial charge on any atom is -0.469 e. The van der Waals surface area contributed by atoms with Crippen LogP contribution in [0, 0.1) is 61.6 Å². The normalized spacial score (nSPS) is 48.2. The lowest BCUT2D eigenvalue weighted by Crippen LogP contribution is -2.65. The first-order chi connectivity index (χ1) is 17.2. The van der Waals surface area contributed by atoms with Crippen molar-refractivity contribution < 1.29 is 19.4 Å². The summed E-state index contributed by atoms with van der Waals surface area (Å²) in [4.78, 5) is 26.7. The molecule has 202 valence electrons. The summed E-state index contributed by atoms with van der Waals surface area (Å²) in [6.45, 7) is 13.4. The summed E-state index contributed by atoms with van der Waals surface area (Å²) in [5, 5.41) is 20.4. The number of ketones is 1. The lowest BCUT2D eigenvalue weighted by Gasteiger charge is -2.69. The zero-order chi connectivity index (χ0) is 27.2. The van der Waals surface area contributed by atoms with E-state index in [1.54, 1.807) is 0 Å². The van der Waals surface area contributed by atoms with Gasteiger partial charge in [0.1, 0.15) is 6.07 Å². The van der Waals surface area contributed by atoms with Gasteiger partial charge in [-0.1, -0.05) is 52.3 Å². The Morgan fingerprint density at radius 1 is 1.08 bits per heavy atom. The molecule has 0 saturated heterocycles. The Morgan fingerprint density at radius 3 is 2.38 bits per heavy atom. The maximum absolute atomic E-state index is 13.4. The maximum atomic E-state index is 13.4. The molecule has 5 nitrogen and oxygen atoms in total. The first-order valence-electron chi connectivity index (χ1n) is 14.3. The van der Waals surface area contributed by atoms with Crippen LogP contribution < -0.4 is 0 Å². The number of nitrogens with zero attached hydrogens (tertiary/aromatic N) is 1. The molecule has 3 fully saturated rings. The van der Waals surface area contributed by atoms with Gasteiger partial charge in [0.25, 0.3) is 0 Å². The molecule has 5 aliphatic rings. The summed E-state index contributed by atoms with van der Waals surface area (Å²) >= 11 is 0. The van der Waals surface area contributed by atoms with Gasteiger partial charge in [-0.2, -0.15) is 5.26 Å². The van der Waals surface area contributed by atoms with Gasteiger partial charge in [-0.3, -0.25) is 9.59 Å². The number of methoxy groups -OCH3 is 1. The molecule has 8 atom stereocenters. The fraction of sp³-hybridized carbons (Fsp3) is 0.781. The molecule has 5 aliphatic carbocycles. The van der Waals surface area contributed by atoms with Crippen molar-refractivity contribution >= 4 is 11.8 Å². The number of allylic oxidation sites excluding steroid dienone is 4. The van der Waals surface area contributed by atoms with E-state index in [1.165, 1.54) is 12.7 Å². The molecule has 0 bridgehead atoms. The molecule has 0 aromatic heterocycles. The van der Waals surface area contributed by atoms with Crippen molar-refractivity contribution in [2.45, 2.75) is 92.9 Å². The maximum Gasteiger partial charge on any atom is 0.312 e. The van der Waals surface area contributed by atoms with Crippen LogP contribution >= 0.6 is 0 Å². The molecule has 0 aliphatic heterocycles. The minimum atomic E-state index is -0.930. The average molecular weight is 508 g/mol. The van der Waals surface area contributed by atoms with E-state index in [0.29, 0.717) is 0 Å². The zero-order valence-corrected chi connectivity index (χ0v) is 23.9. The summed E-state index contributed by atoms with van der Waals surface area (Å²) in [5.74, 6) is 0.193. The van der Waals surface area contributed by atoms with E-state index >= 15 is 0 Å². The zero-order valence-electron chi connectivity index (χ0n) is 23.9. The van der Waals surface area contributed by atoms with Gasteiger partial charge in [-0.05, 0) is 97.7 Å². The van der Waals surface area contributed by atoms with E-state index in [-0.39, 0.29) is 63.3 Å². The van der Waals surface area contributed by atoms with Crippen LogP contribution in [-0.2, 0) is 14.3 Å². The molecular weight excluding hydrogens is 462 g/mol. The third-order valence-electron chi connectivity index (χ3n) is 12.8. The molecule has 0 spiro atoms. The summed E-state index contributed by atoms with van der Waals surface area (Å²) in [6.07, 6.45) is 11.9. The molecule has 0 unspecified atom stereocenters. The fourth-order valence-electron chi connectivity index (χ4n) is 10.4. The summed E-state index contributed by atoms with van der Waals surface area (Å²) < 4.78 is 5.46. The van der Waals surface area contributed by atoms with Gasteiger partial charge < -0.3 is 9.84 Å². The quantitative estimate of drug-likeness (QED) is 0.357. The van der Waals surface area contributed by atoms with Crippen molar-refractivity contribution in [3.05, 3.63) is 23.3 Å². The van der Waals surface area contributed by atoms with Crippen molar-refractivity contribution in [3.8, 4) is 6.07 Å². The Bertz CT molecular complexity index is 1140. The Kier molecular flexibility index (Phi) is 5.80. The van der Waals surface area contributed by atoms with Crippen LogP contribution in [-0.4, -0.2) is 30.6 Å². The monoisotopic (exact) mass is 507 g/mol. The number of hydrogen-bond acceptors (Lipinski definition) is 5. The molecular formula is C32H45NO4. The van der Waals surface area contributed by atoms with Gasteiger partial charge in [-0.15, -0.1) is 0 Å². The Morgan fingerprint density at radius 2 is 1.76 bits per heavy atom. The number of rotatable bonds is 2. The molecule has 5 heteroatoms. The molecule has 3 saturated carbocycles. The number of carbonyl (C=O) groups is 2. The highest BCUT2D eigenvalue weighted by Gasteiger charge is 2.69. The van der Waals surface area contributed by atoms with Crippen molar-refractivity contribution in [2.24, 2.45) is 50.2 Å². The number of nitriles is 1. The second-order valence-electron chi connectivity index (χ2n) is 14.8. The van der Waals surface area contributed by atoms with Crippen LogP contribution in [0.25, 0.3) is 0 Å². The summed E-state index contributed by atoms with van der Waals surface area (Å²) in [5.41, 5.74) is 0.0103. The Balaban J connectivity index is 1.65. The van der Waals surface area contributed by atoms with E-state index in [9.17, 15) is 20.0 Å². The van der Waals surface area contributed by atoms with Crippen LogP contribution in [0.4, 0.5) is 0 Å². The lowest BCUT2D eigenvalue weighted by molar-refractivity contribution is -0.179. The number of hydrogen-bond donors (Lipinski definition) is 1. The van der Waals surface area contributed by atoms with Gasteiger partial charge in [0.05, 0.1) is 30.1 Å².